The molecule has 3 heteroatoms. The van der Waals surface area contributed by atoms with Gasteiger partial charge in [0, 0.05) is 31.7 Å². The summed E-state index contributed by atoms with van der Waals surface area (Å²) in [5, 5.41) is 3.54. The summed E-state index contributed by atoms with van der Waals surface area (Å²) in [6.07, 6.45) is 3.95. The summed E-state index contributed by atoms with van der Waals surface area (Å²) in [5.74, 6) is 0.832. The van der Waals surface area contributed by atoms with E-state index in [1.165, 1.54) is 38.9 Å². The van der Waals surface area contributed by atoms with E-state index in [4.69, 9.17) is 0 Å². The number of piperazine rings is 1. The van der Waals surface area contributed by atoms with E-state index in [-0.39, 0.29) is 0 Å². The molecule has 0 aromatic rings. The van der Waals surface area contributed by atoms with Gasteiger partial charge in [-0.3, -0.25) is 4.90 Å². The monoisotopic (exact) mass is 241 g/mol. The van der Waals surface area contributed by atoms with Crippen LogP contribution in [0.5, 0.6) is 0 Å². The van der Waals surface area contributed by atoms with Crippen LogP contribution in [0.4, 0.5) is 0 Å². The van der Waals surface area contributed by atoms with E-state index in [0.29, 0.717) is 12.1 Å². The molecule has 0 spiro atoms. The predicted octanol–water partition coefficient (Wildman–Crippen LogP) is 1.65. The molecule has 0 aromatic heterocycles. The molecule has 0 radical (unpaired) electrons. The van der Waals surface area contributed by atoms with Crippen LogP contribution in [0.25, 0.3) is 0 Å². The highest BCUT2D eigenvalue weighted by Crippen LogP contribution is 2.19. The average molecular weight is 241 g/mol. The van der Waals surface area contributed by atoms with Crippen molar-refractivity contribution in [3.05, 3.63) is 0 Å². The van der Waals surface area contributed by atoms with Crippen LogP contribution < -0.4 is 5.32 Å². The summed E-state index contributed by atoms with van der Waals surface area (Å²) < 4.78 is 0. The highest BCUT2D eigenvalue weighted by Gasteiger charge is 2.29. The second-order valence-corrected chi connectivity index (χ2v) is 5.83. The minimum absolute atomic E-state index is 0.629. The summed E-state index contributed by atoms with van der Waals surface area (Å²) in [4.78, 5) is 4.99. The van der Waals surface area contributed by atoms with Gasteiger partial charge in [0.15, 0.2) is 0 Å². The lowest BCUT2D eigenvalue weighted by atomic mass is 9.91. The molecule has 0 bridgehead atoms. The Morgan fingerprint density at radius 3 is 2.59 bits per heavy atom. The third-order valence-electron chi connectivity index (χ3n) is 4.17. The van der Waals surface area contributed by atoms with E-state index >= 15 is 0 Å². The van der Waals surface area contributed by atoms with Gasteiger partial charge in [-0.1, -0.05) is 26.7 Å². The van der Waals surface area contributed by atoms with E-state index in [0.717, 1.165) is 5.92 Å². The number of hydrogen-bond donors (Lipinski definition) is 1. The van der Waals surface area contributed by atoms with Gasteiger partial charge < -0.3 is 10.2 Å². The molecule has 1 heterocycles. The fourth-order valence-corrected chi connectivity index (χ4v) is 2.99. The quantitative estimate of drug-likeness (QED) is 0.763. The third kappa shape index (κ3) is 4.57. The van der Waals surface area contributed by atoms with Gasteiger partial charge >= 0.3 is 0 Å². The van der Waals surface area contributed by atoms with Gasteiger partial charge in [0.25, 0.3) is 0 Å². The van der Waals surface area contributed by atoms with Gasteiger partial charge in [-0.2, -0.15) is 0 Å². The van der Waals surface area contributed by atoms with Crippen molar-refractivity contribution in [1.82, 2.24) is 15.1 Å². The molecule has 3 atom stereocenters. The molecule has 1 aliphatic heterocycles. The van der Waals surface area contributed by atoms with E-state index in [9.17, 15) is 0 Å². The zero-order valence-corrected chi connectivity index (χ0v) is 12.4. The Bertz CT molecular complexity index is 208. The van der Waals surface area contributed by atoms with Crippen LogP contribution in [-0.4, -0.2) is 62.7 Å². The zero-order valence-electron chi connectivity index (χ0n) is 12.4. The molecule has 1 aliphatic rings. The van der Waals surface area contributed by atoms with Crippen LogP contribution >= 0.6 is 0 Å². The molecule has 0 saturated carbocycles. The van der Waals surface area contributed by atoms with Crippen LogP contribution in [0, 0.1) is 5.92 Å². The van der Waals surface area contributed by atoms with Crippen LogP contribution in [0.3, 0.4) is 0 Å². The molecule has 0 aliphatic carbocycles. The molecule has 1 rings (SSSR count). The minimum Gasteiger partial charge on any atom is -0.315 e. The van der Waals surface area contributed by atoms with Gasteiger partial charge in [-0.25, -0.2) is 0 Å². The van der Waals surface area contributed by atoms with Crippen molar-refractivity contribution in [1.29, 1.82) is 0 Å². The second kappa shape index (κ2) is 7.34. The Balaban J connectivity index is 2.52. The van der Waals surface area contributed by atoms with Crippen LogP contribution in [0.15, 0.2) is 0 Å². The molecule has 1 N–H and O–H groups in total. The summed E-state index contributed by atoms with van der Waals surface area (Å²) in [6, 6.07) is 1.29. The molecule has 17 heavy (non-hydrogen) atoms. The third-order valence-corrected chi connectivity index (χ3v) is 4.17. The summed E-state index contributed by atoms with van der Waals surface area (Å²) in [7, 11) is 6.63. The van der Waals surface area contributed by atoms with E-state index in [2.05, 4.69) is 50.1 Å². The minimum atomic E-state index is 0.629. The van der Waals surface area contributed by atoms with Crippen LogP contribution in [-0.2, 0) is 0 Å². The Morgan fingerprint density at radius 2 is 2.00 bits per heavy atom. The van der Waals surface area contributed by atoms with Crippen molar-refractivity contribution in [2.45, 2.75) is 45.2 Å². The van der Waals surface area contributed by atoms with Gasteiger partial charge in [0.05, 0.1) is 0 Å². The van der Waals surface area contributed by atoms with Gasteiger partial charge in [-0.05, 0) is 33.5 Å². The molecule has 1 fully saturated rings. The van der Waals surface area contributed by atoms with Gasteiger partial charge in [0.1, 0.15) is 0 Å². The summed E-state index contributed by atoms with van der Waals surface area (Å²) in [5.41, 5.74) is 0. The topological polar surface area (TPSA) is 18.5 Å². The first kappa shape index (κ1) is 14.9. The fourth-order valence-electron chi connectivity index (χ4n) is 2.99. The molecular weight excluding hydrogens is 210 g/mol. The Kier molecular flexibility index (Phi) is 6.45. The number of nitrogens with one attached hydrogen (secondary N) is 1. The van der Waals surface area contributed by atoms with Crippen molar-refractivity contribution >= 4 is 0 Å². The maximum absolute atomic E-state index is 3.54. The first-order chi connectivity index (χ1) is 8.08. The SMILES string of the molecule is CCCC(C)CC(NC)C1CN(C)CCN1C. The average Bonchev–Trinajstić information content (AvgIpc) is 2.30. The van der Waals surface area contributed by atoms with Crippen molar-refractivity contribution in [2.75, 3.05) is 40.8 Å². The van der Waals surface area contributed by atoms with Gasteiger partial charge in [-0.15, -0.1) is 0 Å². The molecule has 0 amide bonds. The standard InChI is InChI=1S/C14H31N3/c1-6-7-12(2)10-13(15-3)14-11-16(4)8-9-17(14)5/h12-15H,6-11H2,1-5H3. The number of hydrogen-bond acceptors (Lipinski definition) is 3. The highest BCUT2D eigenvalue weighted by molar-refractivity contribution is 4.88. The Labute approximate surface area is 108 Å². The Hall–Kier alpha value is -0.120. The lowest BCUT2D eigenvalue weighted by Crippen LogP contribution is -2.58. The van der Waals surface area contributed by atoms with Crippen molar-refractivity contribution in [3.63, 3.8) is 0 Å². The maximum Gasteiger partial charge on any atom is 0.0373 e. The lowest BCUT2D eigenvalue weighted by molar-refractivity contribution is 0.0827. The van der Waals surface area contributed by atoms with Crippen molar-refractivity contribution < 1.29 is 0 Å². The first-order valence-electron chi connectivity index (χ1n) is 7.14. The largest absolute Gasteiger partial charge is 0.315 e. The van der Waals surface area contributed by atoms with E-state index < -0.39 is 0 Å². The molecule has 3 nitrogen and oxygen atoms in total. The summed E-state index contributed by atoms with van der Waals surface area (Å²) >= 11 is 0. The van der Waals surface area contributed by atoms with Crippen LogP contribution in [0.2, 0.25) is 0 Å². The lowest BCUT2D eigenvalue weighted by Gasteiger charge is -2.42. The van der Waals surface area contributed by atoms with Gasteiger partial charge in [0.2, 0.25) is 0 Å². The molecule has 1 saturated heterocycles. The number of likely N-dealkylation sites (N-methyl/N-ethyl adjacent to an activating group) is 3. The zero-order chi connectivity index (χ0) is 12.8. The molecule has 0 aromatic carbocycles. The predicted molar refractivity (Wildman–Crippen MR) is 75.5 cm³/mol. The fraction of sp³-hybridized carbons (Fsp3) is 1.00. The molecule has 3 unspecified atom stereocenters. The van der Waals surface area contributed by atoms with E-state index in [1.54, 1.807) is 0 Å². The van der Waals surface area contributed by atoms with Crippen molar-refractivity contribution in [3.8, 4) is 0 Å². The van der Waals surface area contributed by atoms with E-state index in [1.807, 2.05) is 0 Å². The normalized spacial score (nSPS) is 27.0. The first-order valence-corrected chi connectivity index (χ1v) is 7.14. The van der Waals surface area contributed by atoms with Crippen LogP contribution in [0.1, 0.15) is 33.1 Å². The maximum atomic E-state index is 3.54. The molecule has 102 valence electrons. The van der Waals surface area contributed by atoms with Crippen molar-refractivity contribution in [2.24, 2.45) is 5.92 Å². The smallest absolute Gasteiger partial charge is 0.0373 e. The highest BCUT2D eigenvalue weighted by atomic mass is 15.3. The number of rotatable bonds is 6. The molecular formula is C14H31N3. The summed E-state index contributed by atoms with van der Waals surface area (Å²) in [6.45, 7) is 8.27. The Morgan fingerprint density at radius 1 is 1.29 bits per heavy atom. The second-order valence-electron chi connectivity index (χ2n) is 5.83. The number of nitrogens with zero attached hydrogens (tertiary/aromatic N) is 2.